The number of halogens is 1. The van der Waals surface area contributed by atoms with Crippen molar-refractivity contribution in [2.45, 2.75) is 43.9 Å². The first kappa shape index (κ1) is 13.6. The van der Waals surface area contributed by atoms with Crippen LogP contribution >= 0.6 is 11.6 Å². The Morgan fingerprint density at radius 3 is 2.81 bits per heavy atom. The number of hydrogen-bond acceptors (Lipinski definition) is 1. The maximum atomic E-state index is 11.8. The van der Waals surface area contributed by atoms with Crippen molar-refractivity contribution in [2.75, 3.05) is 11.9 Å². The summed E-state index contributed by atoms with van der Waals surface area (Å²) >= 11 is 6.83. The molecular weight excluding hydrogens is 282 g/mol. The molecule has 0 saturated heterocycles. The number of carbonyl (C=O) groups is 1. The summed E-state index contributed by atoms with van der Waals surface area (Å²) in [5.74, 6) is 2.65. The number of nitrogens with zero attached hydrogens (tertiary/aromatic N) is 1. The molecule has 0 spiro atoms. The molecule has 3 aliphatic rings. The van der Waals surface area contributed by atoms with Crippen molar-refractivity contribution in [3.8, 4) is 0 Å². The highest BCUT2D eigenvalue weighted by atomic mass is 35.5. The van der Waals surface area contributed by atoms with E-state index in [9.17, 15) is 4.79 Å². The summed E-state index contributed by atoms with van der Waals surface area (Å²) in [4.78, 5) is 13.6. The minimum absolute atomic E-state index is 0.147. The molecule has 2 saturated carbocycles. The second kappa shape index (κ2) is 5.01. The van der Waals surface area contributed by atoms with E-state index in [1.54, 1.807) is 4.90 Å². The minimum atomic E-state index is 0.147. The third-order valence-corrected chi connectivity index (χ3v) is 6.51. The van der Waals surface area contributed by atoms with Crippen molar-refractivity contribution in [1.29, 1.82) is 0 Å². The van der Waals surface area contributed by atoms with Crippen LogP contribution in [0.25, 0.3) is 0 Å². The summed E-state index contributed by atoms with van der Waals surface area (Å²) in [7, 11) is 1.87. The fourth-order valence-corrected chi connectivity index (χ4v) is 5.19. The predicted octanol–water partition coefficient (Wildman–Crippen LogP) is 4.31. The van der Waals surface area contributed by atoms with Gasteiger partial charge in [0.25, 0.3) is 0 Å². The van der Waals surface area contributed by atoms with Crippen LogP contribution in [0.1, 0.15) is 48.6 Å². The molecule has 0 N–H and O–H groups in total. The van der Waals surface area contributed by atoms with Crippen LogP contribution in [0.3, 0.4) is 0 Å². The van der Waals surface area contributed by atoms with E-state index >= 15 is 0 Å². The molecule has 112 valence electrons. The lowest BCUT2D eigenvalue weighted by Gasteiger charge is -2.29. The normalized spacial score (nSPS) is 32.4. The molecule has 1 aliphatic heterocycles. The molecule has 1 aromatic carbocycles. The first-order chi connectivity index (χ1) is 10.1. The van der Waals surface area contributed by atoms with Crippen LogP contribution in [-0.2, 0) is 11.2 Å². The maximum Gasteiger partial charge on any atom is 0.227 e. The van der Waals surface area contributed by atoms with E-state index in [4.69, 9.17) is 11.6 Å². The molecule has 2 bridgehead atoms. The number of alkyl halides is 1. The van der Waals surface area contributed by atoms with Gasteiger partial charge in [0.2, 0.25) is 5.91 Å². The van der Waals surface area contributed by atoms with Gasteiger partial charge in [-0.05, 0) is 60.6 Å². The lowest BCUT2D eigenvalue weighted by atomic mass is 9.83. The fraction of sp³-hybridized carbons (Fsp3) is 0.611. The van der Waals surface area contributed by atoms with Crippen LogP contribution in [0.15, 0.2) is 18.2 Å². The van der Waals surface area contributed by atoms with Crippen LogP contribution in [-0.4, -0.2) is 13.0 Å². The summed E-state index contributed by atoms with van der Waals surface area (Å²) in [6.07, 6.45) is 6.98. The fourth-order valence-electron chi connectivity index (χ4n) is 4.75. The number of amides is 1. The van der Waals surface area contributed by atoms with Crippen molar-refractivity contribution < 1.29 is 4.79 Å². The van der Waals surface area contributed by atoms with Crippen LogP contribution in [0.2, 0.25) is 0 Å². The Hall–Kier alpha value is -1.02. The molecule has 2 aliphatic carbocycles. The highest BCUT2D eigenvalue weighted by molar-refractivity contribution is 6.21. The monoisotopic (exact) mass is 303 g/mol. The first-order valence-corrected chi connectivity index (χ1v) is 8.60. The summed E-state index contributed by atoms with van der Waals surface area (Å²) in [6.45, 7) is 0. The minimum Gasteiger partial charge on any atom is -0.315 e. The summed E-state index contributed by atoms with van der Waals surface area (Å²) in [5.41, 5.74) is 3.60. The molecule has 0 aromatic heterocycles. The Bertz CT molecular complexity index is 585. The van der Waals surface area contributed by atoms with Crippen molar-refractivity contribution >= 4 is 23.2 Å². The Balaban J connectivity index is 1.60. The van der Waals surface area contributed by atoms with Gasteiger partial charge in [0.05, 0.1) is 5.38 Å². The summed E-state index contributed by atoms with van der Waals surface area (Å²) < 4.78 is 0. The number of fused-ring (bicyclic) bond motifs is 3. The average Bonchev–Trinajstić information content (AvgIpc) is 3.13. The van der Waals surface area contributed by atoms with Gasteiger partial charge < -0.3 is 4.90 Å². The van der Waals surface area contributed by atoms with E-state index in [0.29, 0.717) is 12.3 Å². The largest absolute Gasteiger partial charge is 0.315 e. The molecule has 2 nitrogen and oxygen atoms in total. The van der Waals surface area contributed by atoms with Crippen LogP contribution in [0.4, 0.5) is 5.69 Å². The molecule has 21 heavy (non-hydrogen) atoms. The second-order valence-corrected chi connectivity index (χ2v) is 7.55. The molecule has 4 atom stereocenters. The van der Waals surface area contributed by atoms with E-state index in [1.165, 1.54) is 36.8 Å². The number of carbonyl (C=O) groups excluding carboxylic acids is 1. The highest BCUT2D eigenvalue weighted by Gasteiger charge is 2.43. The van der Waals surface area contributed by atoms with Crippen molar-refractivity contribution in [2.24, 2.45) is 17.8 Å². The Kier molecular flexibility index (Phi) is 3.25. The topological polar surface area (TPSA) is 20.3 Å². The van der Waals surface area contributed by atoms with E-state index in [0.717, 1.165) is 23.9 Å². The molecule has 1 heterocycles. The van der Waals surface area contributed by atoms with Crippen molar-refractivity contribution in [3.05, 3.63) is 29.3 Å². The zero-order valence-corrected chi connectivity index (χ0v) is 13.3. The number of aryl methyl sites for hydroxylation is 1. The lowest BCUT2D eigenvalue weighted by Crippen LogP contribution is -2.31. The van der Waals surface area contributed by atoms with Gasteiger partial charge in [0, 0.05) is 19.2 Å². The maximum absolute atomic E-state index is 11.8. The molecule has 1 amide bonds. The van der Waals surface area contributed by atoms with Gasteiger partial charge in [-0.1, -0.05) is 18.6 Å². The highest BCUT2D eigenvalue weighted by Crippen LogP contribution is 2.54. The predicted molar refractivity (Wildman–Crippen MR) is 85.7 cm³/mol. The number of rotatable bonds is 2. The number of hydrogen-bond donors (Lipinski definition) is 0. The number of benzene rings is 1. The average molecular weight is 304 g/mol. The van der Waals surface area contributed by atoms with E-state index in [2.05, 4.69) is 18.2 Å². The van der Waals surface area contributed by atoms with Gasteiger partial charge >= 0.3 is 0 Å². The van der Waals surface area contributed by atoms with E-state index in [-0.39, 0.29) is 11.3 Å². The molecule has 4 unspecified atom stereocenters. The Morgan fingerprint density at radius 2 is 2.10 bits per heavy atom. The smallest absolute Gasteiger partial charge is 0.227 e. The van der Waals surface area contributed by atoms with E-state index < -0.39 is 0 Å². The Morgan fingerprint density at radius 1 is 1.24 bits per heavy atom. The van der Waals surface area contributed by atoms with Crippen LogP contribution in [0, 0.1) is 17.8 Å². The second-order valence-electron chi connectivity index (χ2n) is 7.08. The van der Waals surface area contributed by atoms with Crippen molar-refractivity contribution in [1.82, 2.24) is 0 Å². The van der Waals surface area contributed by atoms with Gasteiger partial charge in [-0.3, -0.25) is 4.79 Å². The van der Waals surface area contributed by atoms with Gasteiger partial charge in [0.1, 0.15) is 0 Å². The van der Waals surface area contributed by atoms with Gasteiger partial charge in [-0.25, -0.2) is 0 Å². The van der Waals surface area contributed by atoms with E-state index in [1.807, 2.05) is 7.05 Å². The van der Waals surface area contributed by atoms with Crippen LogP contribution in [0.5, 0.6) is 0 Å². The zero-order chi connectivity index (χ0) is 14.6. The quantitative estimate of drug-likeness (QED) is 0.745. The standard InChI is InChI=1S/C18H22ClNO/c1-20-16-6-4-14(10-13(16)5-7-17(20)21)18(19)15-9-11-2-3-12(15)8-11/h4,6,10-12,15,18H,2-3,5,7-9H2,1H3. The lowest BCUT2D eigenvalue weighted by molar-refractivity contribution is -0.118. The summed E-state index contributed by atoms with van der Waals surface area (Å²) in [5, 5.41) is 0.147. The number of anilines is 1. The molecule has 0 radical (unpaired) electrons. The van der Waals surface area contributed by atoms with Crippen LogP contribution < -0.4 is 4.90 Å². The molecule has 1 aromatic rings. The van der Waals surface area contributed by atoms with Gasteiger partial charge in [-0.2, -0.15) is 0 Å². The van der Waals surface area contributed by atoms with Gasteiger partial charge in [-0.15, -0.1) is 11.6 Å². The van der Waals surface area contributed by atoms with Gasteiger partial charge in [0.15, 0.2) is 0 Å². The molecule has 2 fully saturated rings. The zero-order valence-electron chi connectivity index (χ0n) is 12.5. The molecule has 3 heteroatoms. The third-order valence-electron chi connectivity index (χ3n) is 5.93. The third kappa shape index (κ3) is 2.19. The molecule has 4 rings (SSSR count). The molecular formula is C18H22ClNO. The first-order valence-electron chi connectivity index (χ1n) is 8.17. The Labute approximate surface area is 131 Å². The SMILES string of the molecule is CN1C(=O)CCc2cc(C(Cl)C3CC4CCC3C4)ccc21. The summed E-state index contributed by atoms with van der Waals surface area (Å²) in [6, 6.07) is 6.48. The van der Waals surface area contributed by atoms with Crippen molar-refractivity contribution in [3.63, 3.8) is 0 Å².